The molecule has 2 rings (SSSR count). The van der Waals surface area contributed by atoms with E-state index < -0.39 is 0 Å². The van der Waals surface area contributed by atoms with Crippen molar-refractivity contribution in [3.8, 4) is 0 Å². The number of carbonyl (C=O) groups is 1. The Kier molecular flexibility index (Phi) is 6.26. The van der Waals surface area contributed by atoms with Gasteiger partial charge in [-0.1, -0.05) is 12.8 Å². The molecule has 2 fully saturated rings. The molecule has 0 aromatic rings. The van der Waals surface area contributed by atoms with E-state index in [0.717, 1.165) is 58.7 Å². The summed E-state index contributed by atoms with van der Waals surface area (Å²) in [6.45, 7) is 8.68. The SMILES string of the molecule is CC(C(=O)N1CCCCCC1)N1CCN(CCO)CC1. The maximum Gasteiger partial charge on any atom is 0.239 e. The molecule has 20 heavy (non-hydrogen) atoms. The van der Waals surface area contributed by atoms with Gasteiger partial charge >= 0.3 is 0 Å². The van der Waals surface area contributed by atoms with Gasteiger partial charge in [-0.15, -0.1) is 0 Å². The van der Waals surface area contributed by atoms with Gasteiger partial charge in [-0.2, -0.15) is 0 Å². The van der Waals surface area contributed by atoms with Gasteiger partial charge < -0.3 is 10.0 Å². The molecule has 0 aliphatic carbocycles. The van der Waals surface area contributed by atoms with Crippen molar-refractivity contribution in [2.45, 2.75) is 38.6 Å². The van der Waals surface area contributed by atoms with Gasteiger partial charge in [0.05, 0.1) is 12.6 Å². The Bertz CT molecular complexity index is 295. The number of carbonyl (C=O) groups excluding carboxylic acids is 1. The molecule has 0 saturated carbocycles. The summed E-state index contributed by atoms with van der Waals surface area (Å²) < 4.78 is 0. The minimum absolute atomic E-state index is 0.00405. The van der Waals surface area contributed by atoms with Crippen LogP contribution in [0, 0.1) is 0 Å². The molecule has 2 aliphatic rings. The van der Waals surface area contributed by atoms with Crippen molar-refractivity contribution in [2.24, 2.45) is 0 Å². The Morgan fingerprint density at radius 1 is 1.00 bits per heavy atom. The lowest BCUT2D eigenvalue weighted by molar-refractivity contribution is -0.137. The third-order valence-electron chi connectivity index (χ3n) is 4.65. The summed E-state index contributed by atoms with van der Waals surface area (Å²) in [4.78, 5) is 19.2. The summed E-state index contributed by atoms with van der Waals surface area (Å²) in [7, 11) is 0. The average Bonchev–Trinajstić information content (AvgIpc) is 2.76. The number of piperazine rings is 1. The number of nitrogens with zero attached hydrogens (tertiary/aromatic N) is 3. The molecule has 5 heteroatoms. The summed E-state index contributed by atoms with van der Waals surface area (Å²) in [5.41, 5.74) is 0. The van der Waals surface area contributed by atoms with E-state index in [9.17, 15) is 4.79 Å². The highest BCUT2D eigenvalue weighted by Gasteiger charge is 2.28. The topological polar surface area (TPSA) is 47.0 Å². The number of amides is 1. The minimum atomic E-state index is 0.00405. The summed E-state index contributed by atoms with van der Waals surface area (Å²) >= 11 is 0. The third-order valence-corrected chi connectivity index (χ3v) is 4.65. The quantitative estimate of drug-likeness (QED) is 0.811. The predicted molar refractivity (Wildman–Crippen MR) is 79.6 cm³/mol. The highest BCUT2D eigenvalue weighted by molar-refractivity contribution is 5.81. The number of aliphatic hydroxyl groups excluding tert-OH is 1. The molecule has 1 atom stereocenters. The van der Waals surface area contributed by atoms with Crippen LogP contribution in [0.3, 0.4) is 0 Å². The standard InChI is InChI=1S/C15H29N3O2/c1-14(15(20)18-6-4-2-3-5-7-18)17-10-8-16(9-11-17)12-13-19/h14,19H,2-13H2,1H3. The first kappa shape index (κ1) is 15.7. The summed E-state index contributed by atoms with van der Waals surface area (Å²) in [5, 5.41) is 8.96. The molecule has 2 saturated heterocycles. The minimum Gasteiger partial charge on any atom is -0.395 e. The first-order valence-electron chi connectivity index (χ1n) is 8.08. The Balaban J connectivity index is 1.81. The molecule has 5 nitrogen and oxygen atoms in total. The molecule has 2 aliphatic heterocycles. The van der Waals surface area contributed by atoms with Crippen molar-refractivity contribution >= 4 is 5.91 Å². The Morgan fingerprint density at radius 3 is 2.15 bits per heavy atom. The molecule has 1 amide bonds. The van der Waals surface area contributed by atoms with Crippen LogP contribution >= 0.6 is 0 Å². The number of hydrogen-bond donors (Lipinski definition) is 1. The molecule has 0 radical (unpaired) electrons. The second kappa shape index (κ2) is 7.96. The van der Waals surface area contributed by atoms with E-state index in [0.29, 0.717) is 5.91 Å². The number of β-amino-alcohol motifs (C(OH)–C–C–N with tert-alkyl or cyclic N) is 1. The van der Waals surface area contributed by atoms with E-state index >= 15 is 0 Å². The van der Waals surface area contributed by atoms with E-state index in [4.69, 9.17) is 5.11 Å². The van der Waals surface area contributed by atoms with Crippen LogP contribution in [0.2, 0.25) is 0 Å². The summed E-state index contributed by atoms with van der Waals surface area (Å²) in [6, 6.07) is 0.00405. The maximum absolute atomic E-state index is 12.6. The smallest absolute Gasteiger partial charge is 0.239 e. The van der Waals surface area contributed by atoms with Crippen LogP contribution in [0.4, 0.5) is 0 Å². The van der Waals surface area contributed by atoms with Gasteiger partial charge in [0, 0.05) is 45.8 Å². The predicted octanol–water partition coefficient (Wildman–Crippen LogP) is 0.387. The summed E-state index contributed by atoms with van der Waals surface area (Å²) in [6.07, 6.45) is 4.83. The van der Waals surface area contributed by atoms with Crippen molar-refractivity contribution in [1.29, 1.82) is 0 Å². The number of hydrogen-bond acceptors (Lipinski definition) is 4. The molecule has 1 N–H and O–H groups in total. The van der Waals surface area contributed by atoms with Gasteiger partial charge in [0.15, 0.2) is 0 Å². The van der Waals surface area contributed by atoms with E-state index in [1.165, 1.54) is 12.8 Å². The molecule has 116 valence electrons. The second-order valence-electron chi connectivity index (χ2n) is 6.02. The summed E-state index contributed by atoms with van der Waals surface area (Å²) in [5.74, 6) is 0.308. The largest absolute Gasteiger partial charge is 0.395 e. The lowest BCUT2D eigenvalue weighted by Crippen LogP contribution is -2.54. The fourth-order valence-corrected chi connectivity index (χ4v) is 3.23. The Morgan fingerprint density at radius 2 is 1.60 bits per heavy atom. The first-order valence-corrected chi connectivity index (χ1v) is 8.08. The van der Waals surface area contributed by atoms with Crippen LogP contribution in [0.1, 0.15) is 32.6 Å². The van der Waals surface area contributed by atoms with Crippen LogP contribution in [0.15, 0.2) is 0 Å². The highest BCUT2D eigenvalue weighted by Crippen LogP contribution is 2.14. The molecular formula is C15H29N3O2. The Labute approximate surface area is 122 Å². The van der Waals surface area contributed by atoms with E-state index in [-0.39, 0.29) is 12.6 Å². The van der Waals surface area contributed by atoms with Gasteiger partial charge in [0.25, 0.3) is 0 Å². The molecular weight excluding hydrogens is 254 g/mol. The van der Waals surface area contributed by atoms with Crippen LogP contribution < -0.4 is 0 Å². The molecule has 0 aromatic heterocycles. The maximum atomic E-state index is 12.6. The molecule has 1 unspecified atom stereocenters. The highest BCUT2D eigenvalue weighted by atomic mass is 16.3. The van der Waals surface area contributed by atoms with Gasteiger partial charge in [-0.3, -0.25) is 14.6 Å². The zero-order valence-corrected chi connectivity index (χ0v) is 12.8. The van der Waals surface area contributed by atoms with Gasteiger partial charge in [-0.05, 0) is 19.8 Å². The monoisotopic (exact) mass is 283 g/mol. The fourth-order valence-electron chi connectivity index (χ4n) is 3.23. The first-order chi connectivity index (χ1) is 9.72. The Hall–Kier alpha value is -0.650. The normalized spacial score (nSPS) is 24.4. The van der Waals surface area contributed by atoms with Crippen LogP contribution in [-0.2, 0) is 4.79 Å². The van der Waals surface area contributed by atoms with Crippen molar-refractivity contribution in [2.75, 3.05) is 52.4 Å². The van der Waals surface area contributed by atoms with Crippen molar-refractivity contribution < 1.29 is 9.90 Å². The van der Waals surface area contributed by atoms with Gasteiger partial charge in [-0.25, -0.2) is 0 Å². The van der Waals surface area contributed by atoms with Crippen molar-refractivity contribution in [3.05, 3.63) is 0 Å². The number of rotatable bonds is 4. The zero-order valence-electron chi connectivity index (χ0n) is 12.8. The lowest BCUT2D eigenvalue weighted by atomic mass is 10.2. The van der Waals surface area contributed by atoms with Crippen LogP contribution in [0.5, 0.6) is 0 Å². The van der Waals surface area contributed by atoms with Crippen LogP contribution in [-0.4, -0.2) is 84.2 Å². The van der Waals surface area contributed by atoms with E-state index in [1.54, 1.807) is 0 Å². The zero-order chi connectivity index (χ0) is 14.4. The van der Waals surface area contributed by atoms with E-state index in [2.05, 4.69) is 21.6 Å². The molecule has 2 heterocycles. The number of likely N-dealkylation sites (tertiary alicyclic amines) is 1. The fraction of sp³-hybridized carbons (Fsp3) is 0.933. The van der Waals surface area contributed by atoms with Crippen LogP contribution in [0.25, 0.3) is 0 Å². The lowest BCUT2D eigenvalue weighted by Gasteiger charge is -2.38. The van der Waals surface area contributed by atoms with Gasteiger partial charge in [0.1, 0.15) is 0 Å². The average molecular weight is 283 g/mol. The molecule has 0 aromatic carbocycles. The number of aliphatic hydroxyl groups is 1. The second-order valence-corrected chi connectivity index (χ2v) is 6.02. The van der Waals surface area contributed by atoms with Crippen molar-refractivity contribution in [1.82, 2.24) is 14.7 Å². The van der Waals surface area contributed by atoms with Gasteiger partial charge in [0.2, 0.25) is 5.91 Å². The van der Waals surface area contributed by atoms with E-state index in [1.807, 2.05) is 0 Å². The van der Waals surface area contributed by atoms with Crippen molar-refractivity contribution in [3.63, 3.8) is 0 Å². The molecule has 0 bridgehead atoms. The molecule has 0 spiro atoms. The third kappa shape index (κ3) is 4.17.